The largest absolute Gasteiger partial charge is 0.365 e. The average molecular weight is 373 g/mol. The predicted octanol–water partition coefficient (Wildman–Crippen LogP) is 2.74. The molecule has 0 radical (unpaired) electrons. The van der Waals surface area contributed by atoms with Crippen LogP contribution in [0, 0.1) is 11.6 Å². The van der Waals surface area contributed by atoms with Crippen molar-refractivity contribution in [1.82, 2.24) is 15.6 Å². The summed E-state index contributed by atoms with van der Waals surface area (Å²) in [7, 11) is 0. The number of nitrogens with zero attached hydrogens (tertiary/aromatic N) is 3. The normalized spacial score (nSPS) is 17.2. The molecule has 5 nitrogen and oxygen atoms in total. The first kappa shape index (κ1) is 19.1. The standard InChI is InChI=1S/C20H25F2N5/c1-2-24-20(25-11-8-15-5-4-10-23-13-15)26-16-9-12-27(14-16)19-17(21)6-3-7-18(19)22/h3-7,10,13,16H,2,8-9,11-12,14H2,1H3,(H2,24,25,26). The van der Waals surface area contributed by atoms with Gasteiger partial charge in [-0.1, -0.05) is 12.1 Å². The number of guanidine groups is 1. The lowest BCUT2D eigenvalue weighted by atomic mass is 10.2. The molecule has 0 bridgehead atoms. The minimum Gasteiger partial charge on any atom is -0.365 e. The van der Waals surface area contributed by atoms with Gasteiger partial charge in [0.15, 0.2) is 5.96 Å². The van der Waals surface area contributed by atoms with Gasteiger partial charge in [0.05, 0.1) is 0 Å². The molecule has 1 saturated heterocycles. The van der Waals surface area contributed by atoms with Crippen molar-refractivity contribution >= 4 is 11.6 Å². The smallest absolute Gasteiger partial charge is 0.191 e. The molecule has 0 saturated carbocycles. The molecule has 1 aliphatic rings. The van der Waals surface area contributed by atoms with Crippen LogP contribution in [0.25, 0.3) is 0 Å². The van der Waals surface area contributed by atoms with Gasteiger partial charge in [-0.2, -0.15) is 0 Å². The molecular weight excluding hydrogens is 348 g/mol. The van der Waals surface area contributed by atoms with Gasteiger partial charge < -0.3 is 15.5 Å². The van der Waals surface area contributed by atoms with Crippen molar-refractivity contribution in [3.8, 4) is 0 Å². The Morgan fingerprint density at radius 1 is 1.26 bits per heavy atom. The monoisotopic (exact) mass is 373 g/mol. The molecule has 1 fully saturated rings. The van der Waals surface area contributed by atoms with Gasteiger partial charge in [-0.05, 0) is 43.5 Å². The topological polar surface area (TPSA) is 52.6 Å². The number of halogens is 2. The highest BCUT2D eigenvalue weighted by Crippen LogP contribution is 2.26. The molecule has 1 aliphatic heterocycles. The minimum atomic E-state index is -0.521. The second kappa shape index (κ2) is 9.30. The fraction of sp³-hybridized carbons (Fsp3) is 0.400. The molecule has 144 valence electrons. The summed E-state index contributed by atoms with van der Waals surface area (Å²) < 4.78 is 28.0. The van der Waals surface area contributed by atoms with Gasteiger partial charge in [-0.3, -0.25) is 9.98 Å². The maximum atomic E-state index is 14.0. The van der Waals surface area contributed by atoms with Crippen molar-refractivity contribution in [2.24, 2.45) is 4.99 Å². The Bertz CT molecular complexity index is 746. The number of anilines is 1. The Hall–Kier alpha value is -2.70. The first-order valence-electron chi connectivity index (χ1n) is 9.30. The molecule has 1 aromatic heterocycles. The van der Waals surface area contributed by atoms with E-state index in [2.05, 4.69) is 20.6 Å². The maximum Gasteiger partial charge on any atom is 0.191 e. The van der Waals surface area contributed by atoms with E-state index in [9.17, 15) is 8.78 Å². The zero-order chi connectivity index (χ0) is 19.1. The van der Waals surface area contributed by atoms with Crippen LogP contribution in [0.3, 0.4) is 0 Å². The lowest BCUT2D eigenvalue weighted by Gasteiger charge is -2.21. The summed E-state index contributed by atoms with van der Waals surface area (Å²) in [6.07, 6.45) is 5.19. The van der Waals surface area contributed by atoms with E-state index in [0.717, 1.165) is 30.9 Å². The summed E-state index contributed by atoms with van der Waals surface area (Å²) in [5, 5.41) is 6.61. The highest BCUT2D eigenvalue weighted by Gasteiger charge is 2.27. The van der Waals surface area contributed by atoms with Gasteiger partial charge >= 0.3 is 0 Å². The summed E-state index contributed by atoms with van der Waals surface area (Å²) in [5.41, 5.74) is 1.19. The quantitative estimate of drug-likeness (QED) is 0.604. The Morgan fingerprint density at radius 3 is 2.78 bits per heavy atom. The molecule has 27 heavy (non-hydrogen) atoms. The predicted molar refractivity (Wildman–Crippen MR) is 104 cm³/mol. The number of rotatable bonds is 6. The van der Waals surface area contributed by atoms with E-state index in [1.54, 1.807) is 11.1 Å². The molecule has 1 aromatic carbocycles. The van der Waals surface area contributed by atoms with Crippen LogP contribution in [0.4, 0.5) is 14.5 Å². The van der Waals surface area contributed by atoms with Gasteiger partial charge in [0, 0.05) is 44.6 Å². The second-order valence-electron chi connectivity index (χ2n) is 6.52. The van der Waals surface area contributed by atoms with Crippen LogP contribution in [-0.4, -0.2) is 43.2 Å². The number of hydrogen-bond donors (Lipinski definition) is 2. The van der Waals surface area contributed by atoms with Crippen molar-refractivity contribution in [1.29, 1.82) is 0 Å². The number of nitrogens with one attached hydrogen (secondary N) is 2. The zero-order valence-corrected chi connectivity index (χ0v) is 15.5. The second-order valence-corrected chi connectivity index (χ2v) is 6.52. The number of benzene rings is 1. The SMILES string of the molecule is CCNC(=NCCc1cccnc1)NC1CCN(c2c(F)cccc2F)C1. The van der Waals surface area contributed by atoms with E-state index < -0.39 is 11.6 Å². The molecule has 0 spiro atoms. The fourth-order valence-corrected chi connectivity index (χ4v) is 3.23. The van der Waals surface area contributed by atoms with E-state index in [0.29, 0.717) is 19.6 Å². The third-order valence-electron chi connectivity index (χ3n) is 4.52. The van der Waals surface area contributed by atoms with Crippen LogP contribution in [0.2, 0.25) is 0 Å². The van der Waals surface area contributed by atoms with Gasteiger partial charge in [0.25, 0.3) is 0 Å². The summed E-state index contributed by atoms with van der Waals surface area (Å²) in [6.45, 7) is 4.53. The Kier molecular flexibility index (Phi) is 6.57. The number of aromatic nitrogens is 1. The zero-order valence-electron chi connectivity index (χ0n) is 15.5. The van der Waals surface area contributed by atoms with Crippen molar-refractivity contribution in [3.63, 3.8) is 0 Å². The first-order chi connectivity index (χ1) is 13.2. The van der Waals surface area contributed by atoms with Gasteiger partial charge in [-0.25, -0.2) is 8.78 Å². The lowest BCUT2D eigenvalue weighted by Crippen LogP contribution is -2.44. The number of aliphatic imine (C=N–C) groups is 1. The summed E-state index contributed by atoms with van der Waals surface area (Å²) >= 11 is 0. The highest BCUT2D eigenvalue weighted by molar-refractivity contribution is 5.80. The molecule has 0 amide bonds. The number of para-hydroxylation sites is 1. The van der Waals surface area contributed by atoms with Crippen molar-refractivity contribution in [2.45, 2.75) is 25.8 Å². The Labute approximate surface area is 158 Å². The van der Waals surface area contributed by atoms with Crippen LogP contribution < -0.4 is 15.5 Å². The molecular formula is C20H25F2N5. The maximum absolute atomic E-state index is 14.0. The highest BCUT2D eigenvalue weighted by atomic mass is 19.1. The van der Waals surface area contributed by atoms with Crippen LogP contribution in [0.15, 0.2) is 47.7 Å². The minimum absolute atomic E-state index is 0.0558. The van der Waals surface area contributed by atoms with Crippen LogP contribution >= 0.6 is 0 Å². The average Bonchev–Trinajstić information content (AvgIpc) is 3.10. The van der Waals surface area contributed by atoms with Crippen LogP contribution in [0.1, 0.15) is 18.9 Å². The number of hydrogen-bond acceptors (Lipinski definition) is 3. The molecule has 7 heteroatoms. The lowest BCUT2D eigenvalue weighted by molar-refractivity contribution is 0.576. The molecule has 1 unspecified atom stereocenters. The van der Waals surface area contributed by atoms with Crippen LogP contribution in [0.5, 0.6) is 0 Å². The summed E-state index contributed by atoms with van der Waals surface area (Å²) in [4.78, 5) is 10.5. The Balaban J connectivity index is 1.58. The third kappa shape index (κ3) is 5.15. The molecule has 1 atom stereocenters. The van der Waals surface area contributed by atoms with E-state index in [-0.39, 0.29) is 11.7 Å². The van der Waals surface area contributed by atoms with E-state index >= 15 is 0 Å². The van der Waals surface area contributed by atoms with E-state index in [1.165, 1.54) is 18.2 Å². The van der Waals surface area contributed by atoms with Crippen molar-refractivity contribution in [2.75, 3.05) is 31.1 Å². The summed E-state index contributed by atoms with van der Waals surface area (Å²) in [5.74, 6) is -0.317. The van der Waals surface area contributed by atoms with Gasteiger partial charge in [-0.15, -0.1) is 0 Å². The molecule has 0 aliphatic carbocycles. The van der Waals surface area contributed by atoms with Crippen molar-refractivity contribution in [3.05, 3.63) is 59.9 Å². The Morgan fingerprint density at radius 2 is 2.07 bits per heavy atom. The molecule has 2 N–H and O–H groups in total. The van der Waals surface area contributed by atoms with E-state index in [4.69, 9.17) is 0 Å². The molecule has 2 heterocycles. The van der Waals surface area contributed by atoms with E-state index in [1.807, 2.05) is 25.3 Å². The number of pyridine rings is 1. The van der Waals surface area contributed by atoms with Crippen LogP contribution in [-0.2, 0) is 6.42 Å². The fourth-order valence-electron chi connectivity index (χ4n) is 3.23. The first-order valence-corrected chi connectivity index (χ1v) is 9.30. The van der Waals surface area contributed by atoms with Gasteiger partial charge in [0.2, 0.25) is 0 Å². The summed E-state index contributed by atoms with van der Waals surface area (Å²) in [6, 6.07) is 8.00. The van der Waals surface area contributed by atoms with Gasteiger partial charge in [0.1, 0.15) is 17.3 Å². The van der Waals surface area contributed by atoms with Crippen molar-refractivity contribution < 1.29 is 8.78 Å². The molecule has 3 rings (SSSR count). The third-order valence-corrected chi connectivity index (χ3v) is 4.52. The molecule has 2 aromatic rings.